The fraction of sp³-hybridized carbons (Fsp3) is 0.286. The highest BCUT2D eigenvalue weighted by Crippen LogP contribution is 2.49. The van der Waals surface area contributed by atoms with Crippen LogP contribution in [-0.2, 0) is 9.59 Å². The minimum atomic E-state index is -0.670. The van der Waals surface area contributed by atoms with Crippen LogP contribution < -0.4 is 10.2 Å². The number of carbonyl (C=O) groups excluding carboxylic acids is 3. The van der Waals surface area contributed by atoms with Crippen LogP contribution in [-0.4, -0.2) is 29.7 Å². The second kappa shape index (κ2) is 5.63. The molecule has 2 amide bonds. The van der Waals surface area contributed by atoms with Crippen LogP contribution in [0.5, 0.6) is 0 Å². The number of nitrogens with one attached hydrogen (secondary N) is 1. The molecule has 3 aliphatic heterocycles. The molecule has 0 unspecified atom stereocenters. The van der Waals surface area contributed by atoms with Gasteiger partial charge >= 0.3 is 0 Å². The van der Waals surface area contributed by atoms with Crippen LogP contribution in [0.15, 0.2) is 41.8 Å². The van der Waals surface area contributed by atoms with Gasteiger partial charge in [-0.25, -0.2) is 0 Å². The van der Waals surface area contributed by atoms with Gasteiger partial charge in [0.15, 0.2) is 5.78 Å². The third-order valence-electron chi connectivity index (χ3n) is 5.88. The molecule has 0 bridgehead atoms. The summed E-state index contributed by atoms with van der Waals surface area (Å²) >= 11 is 1.37. The van der Waals surface area contributed by atoms with Crippen molar-refractivity contribution >= 4 is 40.2 Å². The Bertz CT molecular complexity index is 1020. The van der Waals surface area contributed by atoms with Gasteiger partial charge in [0.25, 0.3) is 0 Å². The number of aryl methyl sites for hydroxylation is 1. The molecule has 3 aliphatic rings. The van der Waals surface area contributed by atoms with Crippen molar-refractivity contribution in [2.75, 3.05) is 4.90 Å². The highest BCUT2D eigenvalue weighted by atomic mass is 32.1. The maximum atomic E-state index is 13.4. The van der Waals surface area contributed by atoms with Gasteiger partial charge in [-0.2, -0.15) is 0 Å². The average Bonchev–Trinajstić information content (AvgIpc) is 3.33. The molecule has 1 N–H and O–H groups in total. The number of hydrogen-bond acceptors (Lipinski definition) is 5. The number of imide groups is 1. The van der Waals surface area contributed by atoms with Gasteiger partial charge in [-0.05, 0) is 43.0 Å². The minimum absolute atomic E-state index is 0.0909. The number of allylic oxidation sites excluding steroid dienone is 1. The van der Waals surface area contributed by atoms with Crippen molar-refractivity contribution in [2.24, 2.45) is 11.8 Å². The molecule has 1 aromatic carbocycles. The van der Waals surface area contributed by atoms with Crippen molar-refractivity contribution in [2.45, 2.75) is 25.9 Å². The SMILES string of the molecule is CC1=C[C@@H]2[C@@H]3C(=O)NC(=O)[C@H]3[C@H](C(=O)c3cccs3)N2c2ccc(C)cc21. The summed E-state index contributed by atoms with van der Waals surface area (Å²) in [7, 11) is 0. The number of fused-ring (bicyclic) bond motifs is 5. The van der Waals surface area contributed by atoms with Gasteiger partial charge in [-0.3, -0.25) is 19.7 Å². The first-order valence-corrected chi connectivity index (χ1v) is 9.85. The number of hydrogen-bond donors (Lipinski definition) is 1. The number of carbonyl (C=O) groups is 3. The van der Waals surface area contributed by atoms with Gasteiger partial charge in [-0.15, -0.1) is 11.3 Å². The Hall–Kier alpha value is -2.73. The second-order valence-electron chi connectivity index (χ2n) is 7.46. The van der Waals surface area contributed by atoms with E-state index in [0.717, 1.165) is 22.4 Å². The Morgan fingerprint density at radius 2 is 1.89 bits per heavy atom. The normalized spacial score (nSPS) is 28.4. The number of nitrogens with zero attached hydrogens (tertiary/aromatic N) is 1. The van der Waals surface area contributed by atoms with E-state index in [1.165, 1.54) is 11.3 Å². The predicted octanol–water partition coefficient (Wildman–Crippen LogP) is 2.80. The van der Waals surface area contributed by atoms with Gasteiger partial charge < -0.3 is 4.90 Å². The van der Waals surface area contributed by atoms with Crippen LogP contribution in [0.4, 0.5) is 5.69 Å². The quantitative estimate of drug-likeness (QED) is 0.645. The number of thiophene rings is 1. The fourth-order valence-corrected chi connectivity index (χ4v) is 5.44. The van der Waals surface area contributed by atoms with E-state index in [1.54, 1.807) is 6.07 Å². The topological polar surface area (TPSA) is 66.5 Å². The number of rotatable bonds is 2. The van der Waals surface area contributed by atoms with E-state index >= 15 is 0 Å². The number of ketones is 1. The smallest absolute Gasteiger partial charge is 0.233 e. The lowest BCUT2D eigenvalue weighted by atomic mass is 9.86. The largest absolute Gasteiger partial charge is 0.352 e. The van der Waals surface area contributed by atoms with Crippen molar-refractivity contribution in [3.05, 3.63) is 57.8 Å². The molecule has 4 atom stereocenters. The molecule has 5 rings (SSSR count). The highest BCUT2D eigenvalue weighted by Gasteiger charge is 2.61. The van der Waals surface area contributed by atoms with E-state index in [0.29, 0.717) is 4.88 Å². The number of anilines is 1. The summed E-state index contributed by atoms with van der Waals surface area (Å²) in [6.07, 6.45) is 2.04. The molecule has 0 aliphatic carbocycles. The first kappa shape index (κ1) is 16.4. The van der Waals surface area contributed by atoms with Gasteiger partial charge in [0.05, 0.1) is 22.8 Å². The van der Waals surface area contributed by atoms with E-state index in [4.69, 9.17) is 0 Å². The van der Waals surface area contributed by atoms with E-state index in [9.17, 15) is 14.4 Å². The number of Topliss-reactive ketones (excluding diaryl/α,β-unsaturated/α-hetero) is 1. The Morgan fingerprint density at radius 3 is 2.63 bits per heavy atom. The highest BCUT2D eigenvalue weighted by molar-refractivity contribution is 7.12. The van der Waals surface area contributed by atoms with Gasteiger partial charge in [0, 0.05) is 11.3 Å². The first-order valence-electron chi connectivity index (χ1n) is 8.97. The molecular weight excluding hydrogens is 360 g/mol. The Balaban J connectivity index is 1.72. The number of amides is 2. The molecule has 6 heteroatoms. The molecule has 2 fully saturated rings. The van der Waals surface area contributed by atoms with Crippen LogP contribution in [0.3, 0.4) is 0 Å². The zero-order valence-corrected chi connectivity index (χ0v) is 15.7. The Labute approximate surface area is 160 Å². The van der Waals surface area contributed by atoms with Crippen molar-refractivity contribution in [1.29, 1.82) is 0 Å². The summed E-state index contributed by atoms with van der Waals surface area (Å²) in [5.41, 5.74) is 4.19. The van der Waals surface area contributed by atoms with Gasteiger partial charge in [0.2, 0.25) is 11.8 Å². The molecule has 0 spiro atoms. The van der Waals surface area contributed by atoms with Crippen LogP contribution in [0.25, 0.3) is 5.57 Å². The van der Waals surface area contributed by atoms with Crippen LogP contribution >= 0.6 is 11.3 Å². The van der Waals surface area contributed by atoms with Crippen LogP contribution in [0.2, 0.25) is 0 Å². The third-order valence-corrected chi connectivity index (χ3v) is 6.76. The Morgan fingerprint density at radius 1 is 1.11 bits per heavy atom. The van der Waals surface area contributed by atoms with E-state index < -0.39 is 17.9 Å². The van der Waals surface area contributed by atoms with Crippen molar-refractivity contribution in [3.63, 3.8) is 0 Å². The van der Waals surface area contributed by atoms with Crippen molar-refractivity contribution in [1.82, 2.24) is 5.32 Å². The lowest BCUT2D eigenvalue weighted by Crippen LogP contribution is -2.48. The summed E-state index contributed by atoms with van der Waals surface area (Å²) in [6, 6.07) is 8.77. The van der Waals surface area contributed by atoms with Gasteiger partial charge in [-0.1, -0.05) is 23.8 Å². The lowest BCUT2D eigenvalue weighted by Gasteiger charge is -2.37. The lowest BCUT2D eigenvalue weighted by molar-refractivity contribution is -0.126. The molecule has 2 saturated heterocycles. The summed E-state index contributed by atoms with van der Waals surface area (Å²) in [6.45, 7) is 4.05. The standard InChI is InChI=1S/C21H18N2O3S/c1-10-5-6-13-12(8-10)11(2)9-14-16-17(21(26)22-20(16)25)18(23(13)14)19(24)15-4-3-7-27-15/h3-9,14,16-18H,1-2H3,(H,22,25,26)/t14-,16+,17-,18-/m1/s1. The predicted molar refractivity (Wildman–Crippen MR) is 104 cm³/mol. The zero-order chi connectivity index (χ0) is 18.9. The van der Waals surface area contributed by atoms with Crippen LogP contribution in [0.1, 0.15) is 27.7 Å². The summed E-state index contributed by atoms with van der Waals surface area (Å²) in [5, 5.41) is 4.30. The minimum Gasteiger partial charge on any atom is -0.352 e. The molecule has 136 valence electrons. The molecule has 5 nitrogen and oxygen atoms in total. The summed E-state index contributed by atoms with van der Waals surface area (Å²) in [4.78, 5) is 41.2. The maximum Gasteiger partial charge on any atom is 0.233 e. The molecular formula is C21H18N2O3S. The zero-order valence-electron chi connectivity index (χ0n) is 14.9. The fourth-order valence-electron chi connectivity index (χ4n) is 4.74. The third kappa shape index (κ3) is 2.19. The molecule has 2 aromatic rings. The average molecular weight is 378 g/mol. The molecule has 1 aromatic heterocycles. The van der Waals surface area contributed by atoms with Gasteiger partial charge in [0.1, 0.15) is 6.04 Å². The number of benzene rings is 1. The van der Waals surface area contributed by atoms with Crippen LogP contribution in [0, 0.1) is 18.8 Å². The van der Waals surface area contributed by atoms with Crippen molar-refractivity contribution in [3.8, 4) is 0 Å². The summed E-state index contributed by atoms with van der Waals surface area (Å²) in [5.74, 6) is -1.90. The second-order valence-corrected chi connectivity index (χ2v) is 8.41. The molecule has 0 saturated carbocycles. The molecule has 4 heterocycles. The monoisotopic (exact) mass is 378 g/mol. The van der Waals surface area contributed by atoms with E-state index in [-0.39, 0.29) is 23.6 Å². The summed E-state index contributed by atoms with van der Waals surface area (Å²) < 4.78 is 0. The van der Waals surface area contributed by atoms with E-state index in [2.05, 4.69) is 11.4 Å². The molecule has 0 radical (unpaired) electrons. The van der Waals surface area contributed by atoms with Crippen molar-refractivity contribution < 1.29 is 14.4 Å². The molecule has 27 heavy (non-hydrogen) atoms. The maximum absolute atomic E-state index is 13.4. The van der Waals surface area contributed by atoms with E-state index in [1.807, 2.05) is 48.4 Å². The Kier molecular flexibility index (Phi) is 3.43. The first-order chi connectivity index (χ1) is 13.0.